The second-order valence-corrected chi connectivity index (χ2v) is 4.61. The summed E-state index contributed by atoms with van der Waals surface area (Å²) < 4.78 is 0. The van der Waals surface area contributed by atoms with Crippen molar-refractivity contribution in [1.82, 2.24) is 14.8 Å². The van der Waals surface area contributed by atoms with Crippen molar-refractivity contribution in [1.29, 1.82) is 0 Å². The molecule has 1 aromatic heterocycles. The van der Waals surface area contributed by atoms with Gasteiger partial charge in [0.25, 0.3) is 5.91 Å². The Kier molecular flexibility index (Phi) is 3.94. The van der Waals surface area contributed by atoms with Crippen LogP contribution in [0, 0.1) is 0 Å². The Hall–Kier alpha value is -2.17. The van der Waals surface area contributed by atoms with Gasteiger partial charge in [0.05, 0.1) is 5.56 Å². The van der Waals surface area contributed by atoms with Crippen LogP contribution >= 0.6 is 0 Å². The van der Waals surface area contributed by atoms with E-state index in [0.717, 1.165) is 0 Å². The van der Waals surface area contributed by atoms with Crippen molar-refractivity contribution in [3.05, 3.63) is 42.2 Å². The van der Waals surface area contributed by atoms with Gasteiger partial charge >= 0.3 is 0 Å². The predicted molar refractivity (Wildman–Crippen MR) is 71.5 cm³/mol. The molecule has 19 heavy (non-hydrogen) atoms. The zero-order valence-corrected chi connectivity index (χ0v) is 11.0. The lowest BCUT2D eigenvalue weighted by Gasteiger charge is -2.34. The molecule has 5 heteroatoms. The lowest BCUT2D eigenvalue weighted by Crippen LogP contribution is -2.50. The first-order valence-electron chi connectivity index (χ1n) is 6.23. The number of rotatable bonds is 2. The monoisotopic (exact) mass is 259 g/mol. The van der Waals surface area contributed by atoms with Gasteiger partial charge in [-0.05, 0) is 19.1 Å². The van der Waals surface area contributed by atoms with Crippen molar-refractivity contribution in [2.45, 2.75) is 6.92 Å². The van der Waals surface area contributed by atoms with Crippen LogP contribution in [0.2, 0.25) is 0 Å². The summed E-state index contributed by atoms with van der Waals surface area (Å²) in [5.74, 6) is -0.0657. The van der Waals surface area contributed by atoms with Gasteiger partial charge in [0.15, 0.2) is 0 Å². The minimum atomic E-state index is -0.0338. The summed E-state index contributed by atoms with van der Waals surface area (Å²) in [5, 5.41) is 0. The van der Waals surface area contributed by atoms with E-state index in [-0.39, 0.29) is 11.8 Å². The molecular formula is C14H17N3O2. The fraction of sp³-hybridized carbons (Fsp3) is 0.357. The molecule has 0 unspecified atom stereocenters. The first-order valence-corrected chi connectivity index (χ1v) is 6.23. The third-order valence-electron chi connectivity index (χ3n) is 3.13. The Morgan fingerprint density at radius 2 is 1.84 bits per heavy atom. The molecule has 1 fully saturated rings. The maximum Gasteiger partial charge on any atom is 0.255 e. The molecule has 0 atom stereocenters. The van der Waals surface area contributed by atoms with Gasteiger partial charge in [-0.25, -0.2) is 0 Å². The van der Waals surface area contributed by atoms with Crippen LogP contribution in [0.15, 0.2) is 36.7 Å². The Balaban J connectivity index is 1.95. The molecule has 1 aliphatic heterocycles. The summed E-state index contributed by atoms with van der Waals surface area (Å²) in [6, 6.07) is 3.49. The van der Waals surface area contributed by atoms with Crippen molar-refractivity contribution in [2.75, 3.05) is 26.2 Å². The number of carbonyl (C=O) groups is 2. The van der Waals surface area contributed by atoms with Crippen LogP contribution in [0.25, 0.3) is 0 Å². The Morgan fingerprint density at radius 3 is 2.37 bits per heavy atom. The Bertz CT molecular complexity index is 491. The van der Waals surface area contributed by atoms with Gasteiger partial charge in [-0.15, -0.1) is 0 Å². The molecule has 0 bridgehead atoms. The normalized spacial score (nSPS) is 15.2. The lowest BCUT2D eigenvalue weighted by atomic mass is 10.2. The molecule has 100 valence electrons. The van der Waals surface area contributed by atoms with Crippen LogP contribution in [0.4, 0.5) is 0 Å². The number of pyridine rings is 1. The van der Waals surface area contributed by atoms with Crippen molar-refractivity contribution in [3.63, 3.8) is 0 Å². The van der Waals surface area contributed by atoms with E-state index in [9.17, 15) is 9.59 Å². The number of piperazine rings is 1. The van der Waals surface area contributed by atoms with Crippen molar-refractivity contribution >= 4 is 11.8 Å². The molecule has 2 heterocycles. The standard InChI is InChI=1S/C14H17N3O2/c1-11(2)13(18)16-6-8-17(9-7-16)14(19)12-4-3-5-15-10-12/h3-5,10H,1,6-9H2,2H3. The number of hydrogen-bond donors (Lipinski definition) is 0. The van der Waals surface area contributed by atoms with Crippen LogP contribution in [0.1, 0.15) is 17.3 Å². The van der Waals surface area contributed by atoms with E-state index in [1.54, 1.807) is 41.2 Å². The third-order valence-corrected chi connectivity index (χ3v) is 3.13. The largest absolute Gasteiger partial charge is 0.335 e. The molecule has 1 aliphatic rings. The summed E-state index contributed by atoms with van der Waals surface area (Å²) in [4.78, 5) is 31.4. The van der Waals surface area contributed by atoms with Gasteiger partial charge in [0.2, 0.25) is 5.91 Å². The van der Waals surface area contributed by atoms with E-state index < -0.39 is 0 Å². The fourth-order valence-corrected chi connectivity index (χ4v) is 2.05. The highest BCUT2D eigenvalue weighted by Gasteiger charge is 2.24. The molecular weight excluding hydrogens is 242 g/mol. The summed E-state index contributed by atoms with van der Waals surface area (Å²) in [6.07, 6.45) is 3.20. The molecule has 0 spiro atoms. The molecule has 2 rings (SSSR count). The maximum atomic E-state index is 12.2. The van der Waals surface area contributed by atoms with Crippen LogP contribution in [0.5, 0.6) is 0 Å². The first-order chi connectivity index (χ1) is 9.09. The molecule has 1 saturated heterocycles. The number of hydrogen-bond acceptors (Lipinski definition) is 3. The summed E-state index contributed by atoms with van der Waals surface area (Å²) in [6.45, 7) is 7.56. The lowest BCUT2D eigenvalue weighted by molar-refractivity contribution is -0.128. The summed E-state index contributed by atoms with van der Waals surface area (Å²) in [5.41, 5.74) is 1.12. The highest BCUT2D eigenvalue weighted by atomic mass is 16.2. The van der Waals surface area contributed by atoms with Gasteiger partial charge in [-0.3, -0.25) is 14.6 Å². The van der Waals surface area contributed by atoms with E-state index in [0.29, 0.717) is 37.3 Å². The second-order valence-electron chi connectivity index (χ2n) is 4.61. The molecule has 0 aromatic carbocycles. The quantitative estimate of drug-likeness (QED) is 0.743. The van der Waals surface area contributed by atoms with Crippen LogP contribution in [-0.2, 0) is 4.79 Å². The predicted octanol–water partition coefficient (Wildman–Crippen LogP) is 0.942. The Labute approximate surface area is 112 Å². The number of aromatic nitrogens is 1. The van der Waals surface area contributed by atoms with E-state index >= 15 is 0 Å². The van der Waals surface area contributed by atoms with E-state index in [1.807, 2.05) is 0 Å². The van der Waals surface area contributed by atoms with E-state index in [2.05, 4.69) is 11.6 Å². The van der Waals surface area contributed by atoms with Crippen LogP contribution in [-0.4, -0.2) is 52.8 Å². The molecule has 0 saturated carbocycles. The van der Waals surface area contributed by atoms with Crippen molar-refractivity contribution in [3.8, 4) is 0 Å². The smallest absolute Gasteiger partial charge is 0.255 e. The maximum absolute atomic E-state index is 12.2. The zero-order chi connectivity index (χ0) is 13.8. The average molecular weight is 259 g/mol. The summed E-state index contributed by atoms with van der Waals surface area (Å²) in [7, 11) is 0. The molecule has 5 nitrogen and oxygen atoms in total. The number of amides is 2. The van der Waals surface area contributed by atoms with Gasteiger partial charge in [-0.1, -0.05) is 6.58 Å². The average Bonchev–Trinajstić information content (AvgIpc) is 2.46. The minimum Gasteiger partial charge on any atom is -0.335 e. The molecule has 1 aromatic rings. The van der Waals surface area contributed by atoms with Gasteiger partial charge < -0.3 is 9.80 Å². The minimum absolute atomic E-state index is 0.0319. The third kappa shape index (κ3) is 2.99. The van der Waals surface area contributed by atoms with E-state index in [1.165, 1.54) is 0 Å². The van der Waals surface area contributed by atoms with Crippen molar-refractivity contribution in [2.24, 2.45) is 0 Å². The fourth-order valence-electron chi connectivity index (χ4n) is 2.05. The number of nitrogens with zero attached hydrogens (tertiary/aromatic N) is 3. The first kappa shape index (κ1) is 13.3. The molecule has 0 radical (unpaired) electrons. The molecule has 2 amide bonds. The van der Waals surface area contributed by atoms with Gasteiger partial charge in [-0.2, -0.15) is 0 Å². The van der Waals surface area contributed by atoms with E-state index in [4.69, 9.17) is 0 Å². The second kappa shape index (κ2) is 5.65. The zero-order valence-electron chi connectivity index (χ0n) is 11.0. The van der Waals surface area contributed by atoms with Crippen LogP contribution < -0.4 is 0 Å². The van der Waals surface area contributed by atoms with Gasteiger partial charge in [0.1, 0.15) is 0 Å². The van der Waals surface area contributed by atoms with Crippen LogP contribution in [0.3, 0.4) is 0 Å². The number of carbonyl (C=O) groups excluding carboxylic acids is 2. The van der Waals surface area contributed by atoms with Crippen molar-refractivity contribution < 1.29 is 9.59 Å². The summed E-state index contributed by atoms with van der Waals surface area (Å²) >= 11 is 0. The Morgan fingerprint density at radius 1 is 1.21 bits per heavy atom. The highest BCUT2D eigenvalue weighted by Crippen LogP contribution is 2.09. The molecule has 0 aliphatic carbocycles. The molecule has 0 N–H and O–H groups in total. The SMILES string of the molecule is C=C(C)C(=O)N1CCN(C(=O)c2cccnc2)CC1. The van der Waals surface area contributed by atoms with Gasteiger partial charge in [0, 0.05) is 44.1 Å². The highest BCUT2D eigenvalue weighted by molar-refractivity contribution is 5.95. The topological polar surface area (TPSA) is 53.5 Å².